The number of pyridine rings is 2. The number of carbonyl (C=O) groups is 4. The van der Waals surface area contributed by atoms with E-state index in [9.17, 15) is 29.4 Å². The Labute approximate surface area is 416 Å². The second kappa shape index (κ2) is 25.3. The maximum atomic E-state index is 12.2. The number of rotatable bonds is 18. The molecule has 4 N–H and O–H groups in total. The van der Waals surface area contributed by atoms with Crippen LogP contribution in [0, 0.1) is 18.8 Å². The van der Waals surface area contributed by atoms with Crippen molar-refractivity contribution >= 4 is 24.1 Å². The fourth-order valence-electron chi connectivity index (χ4n) is 8.49. The third kappa shape index (κ3) is 14.3. The van der Waals surface area contributed by atoms with Crippen molar-refractivity contribution < 1.29 is 53.1 Å². The topological polar surface area (TPSA) is 266 Å². The number of aliphatic carboxylic acids is 2. The maximum absolute atomic E-state index is 12.2. The summed E-state index contributed by atoms with van der Waals surface area (Å²) in [6.45, 7) is 2.71. The third-order valence-corrected chi connectivity index (χ3v) is 12.4. The summed E-state index contributed by atoms with van der Waals surface area (Å²) in [5.74, 6) is -1.14. The molecule has 0 unspecified atom stereocenters. The number of carboxylic acid groups (broad SMARTS) is 2. The number of alkyl carbamates (subject to hydrolysis) is 2. The maximum Gasteiger partial charge on any atom is 0.407 e. The van der Waals surface area contributed by atoms with Crippen molar-refractivity contribution in [3.63, 3.8) is 0 Å². The number of nitrogens with one attached hydrogen (secondary N) is 2. The minimum Gasteiger partial charge on any atom is -0.489 e. The van der Waals surface area contributed by atoms with E-state index in [2.05, 4.69) is 36.2 Å². The molecule has 2 aliphatic carbocycles. The number of carboxylic acids is 2. The van der Waals surface area contributed by atoms with Crippen LogP contribution < -0.4 is 20.1 Å². The molecule has 0 bridgehead atoms. The van der Waals surface area contributed by atoms with Crippen LogP contribution >= 0.6 is 0 Å². The summed E-state index contributed by atoms with van der Waals surface area (Å²) in [5, 5.41) is 40.8. The standard InChI is InChI=1S/C26H31N5O6.C25H29N5O5/c1-31-22(14-27-26(34)36-15-17-7-4-3-5-8-17)24(29-30-31)20-11-12-23(21(28-20)16-35-2)37-19-10-6-9-18(13-19)25(32)33;1-16-22(35-19-10-6-9-18(13-19)24(31)32)12-11-20(27-16)23-21(30(2)29-28-23)14-26-25(33)34-15-17-7-4-3-5-8-17/h3-5,7-8,11-12,18-19H,6,9-10,13-16H2,1-2H3,(H,27,34)(H,32,33);3-5,7-8,11-12,18-19H,6,9-10,13-15H2,1-2H3,(H,26,33)(H,31,32)/t2*18-,19-/m00/s1. The number of hydrogen-bond acceptors (Lipinski definition) is 15. The minimum absolute atomic E-state index is 0.144. The summed E-state index contributed by atoms with van der Waals surface area (Å²) in [5.41, 5.74) is 6.59. The first-order valence-corrected chi connectivity index (χ1v) is 23.8. The van der Waals surface area contributed by atoms with Crippen LogP contribution in [0.2, 0.25) is 0 Å². The number of aromatic nitrogens is 8. The summed E-state index contributed by atoms with van der Waals surface area (Å²) in [4.78, 5) is 56.5. The first-order valence-electron chi connectivity index (χ1n) is 23.8. The zero-order valence-corrected chi connectivity index (χ0v) is 40.7. The molecule has 0 saturated heterocycles. The lowest BCUT2D eigenvalue weighted by atomic mass is 9.87. The largest absolute Gasteiger partial charge is 0.489 e. The molecule has 2 aromatic carbocycles. The molecule has 2 fully saturated rings. The van der Waals surface area contributed by atoms with Gasteiger partial charge in [-0.25, -0.2) is 28.9 Å². The van der Waals surface area contributed by atoms with E-state index in [4.69, 9.17) is 28.7 Å². The Hall–Kier alpha value is -7.94. The predicted molar refractivity (Wildman–Crippen MR) is 259 cm³/mol. The monoisotopic (exact) mass is 988 g/mol. The quantitative estimate of drug-likeness (QED) is 0.0668. The van der Waals surface area contributed by atoms with Crippen LogP contribution in [-0.2, 0) is 70.8 Å². The van der Waals surface area contributed by atoms with E-state index in [1.807, 2.05) is 73.7 Å². The van der Waals surface area contributed by atoms with Crippen LogP contribution in [0.25, 0.3) is 22.8 Å². The molecule has 6 aromatic rings. The summed E-state index contributed by atoms with van der Waals surface area (Å²) in [6.07, 6.45) is 4.12. The van der Waals surface area contributed by atoms with Crippen molar-refractivity contribution in [1.82, 2.24) is 50.6 Å². The number of nitrogens with zero attached hydrogens (tertiary/aromatic N) is 8. The van der Waals surface area contributed by atoms with E-state index < -0.39 is 30.0 Å². The van der Waals surface area contributed by atoms with Gasteiger partial charge in [0.15, 0.2) is 0 Å². The van der Waals surface area contributed by atoms with Crippen molar-refractivity contribution in [1.29, 1.82) is 0 Å². The Kier molecular flexibility index (Phi) is 18.2. The number of carbonyl (C=O) groups excluding carboxylic acids is 2. The average Bonchev–Trinajstić information content (AvgIpc) is 3.96. The van der Waals surface area contributed by atoms with E-state index in [-0.39, 0.29) is 51.0 Å². The van der Waals surface area contributed by atoms with Crippen LogP contribution in [0.3, 0.4) is 0 Å². The Morgan fingerprint density at radius 1 is 0.611 bits per heavy atom. The zero-order chi connectivity index (χ0) is 51.0. The van der Waals surface area contributed by atoms with Crippen molar-refractivity contribution in [3.8, 4) is 34.3 Å². The lowest BCUT2D eigenvalue weighted by Crippen LogP contribution is -2.29. The van der Waals surface area contributed by atoms with E-state index in [0.29, 0.717) is 82.7 Å². The molecule has 8 rings (SSSR count). The molecule has 72 heavy (non-hydrogen) atoms. The van der Waals surface area contributed by atoms with Gasteiger partial charge in [0.25, 0.3) is 0 Å². The summed E-state index contributed by atoms with van der Waals surface area (Å²) in [7, 11) is 5.05. The number of ether oxygens (including phenoxy) is 5. The van der Waals surface area contributed by atoms with Crippen LogP contribution in [0.4, 0.5) is 9.59 Å². The highest BCUT2D eigenvalue weighted by Gasteiger charge is 2.30. The molecule has 0 aliphatic heterocycles. The van der Waals surface area contributed by atoms with Crippen molar-refractivity contribution in [2.45, 2.75) is 103 Å². The van der Waals surface area contributed by atoms with Gasteiger partial charge in [0.2, 0.25) is 0 Å². The third-order valence-electron chi connectivity index (χ3n) is 12.4. The van der Waals surface area contributed by atoms with Gasteiger partial charge in [-0.05, 0) is 93.7 Å². The Balaban J connectivity index is 0.000000212. The molecule has 0 spiro atoms. The lowest BCUT2D eigenvalue weighted by molar-refractivity contribution is -0.144. The van der Waals surface area contributed by atoms with Gasteiger partial charge in [0.05, 0.1) is 72.2 Å². The van der Waals surface area contributed by atoms with Crippen LogP contribution in [0.1, 0.15) is 85.3 Å². The first-order chi connectivity index (χ1) is 34.8. The second-order valence-electron chi connectivity index (χ2n) is 17.6. The Bertz CT molecular complexity index is 2770. The van der Waals surface area contributed by atoms with Crippen molar-refractivity contribution in [2.24, 2.45) is 25.9 Å². The second-order valence-corrected chi connectivity index (χ2v) is 17.6. The normalized spacial score (nSPS) is 17.4. The fourth-order valence-corrected chi connectivity index (χ4v) is 8.49. The van der Waals surface area contributed by atoms with Gasteiger partial charge in [-0.15, -0.1) is 10.2 Å². The first kappa shape index (κ1) is 51.9. The van der Waals surface area contributed by atoms with Crippen LogP contribution in [0.5, 0.6) is 11.5 Å². The molecule has 380 valence electrons. The van der Waals surface area contributed by atoms with Crippen molar-refractivity contribution in [3.05, 3.63) is 119 Å². The predicted octanol–water partition coefficient (Wildman–Crippen LogP) is 7.11. The number of aryl methyl sites for hydroxylation is 3. The summed E-state index contributed by atoms with van der Waals surface area (Å²) in [6, 6.07) is 26.0. The Morgan fingerprint density at radius 2 is 1.07 bits per heavy atom. The highest BCUT2D eigenvalue weighted by Crippen LogP contribution is 2.33. The molecular weight excluding hydrogens is 929 g/mol. The average molecular weight is 989 g/mol. The van der Waals surface area contributed by atoms with Crippen molar-refractivity contribution in [2.75, 3.05) is 7.11 Å². The SMILES string of the molecule is COCc1nc(-c2nnn(C)c2CNC(=O)OCc2ccccc2)ccc1O[C@H]1CCC[C@H](C(=O)O)C1.Cc1nc(-c2nnn(C)c2CNC(=O)OCc2ccccc2)ccc1O[C@H]1CCC[C@H](C(=O)O)C1. The van der Waals surface area contributed by atoms with Gasteiger partial charge in [-0.1, -0.05) is 71.1 Å². The molecule has 2 aliphatic rings. The van der Waals surface area contributed by atoms with Gasteiger partial charge in [0, 0.05) is 21.2 Å². The molecule has 2 amide bonds. The molecule has 21 heteroatoms. The van der Waals surface area contributed by atoms with E-state index in [0.717, 1.165) is 36.8 Å². The molecule has 2 saturated carbocycles. The van der Waals surface area contributed by atoms with Gasteiger partial charge < -0.3 is 44.5 Å². The highest BCUT2D eigenvalue weighted by atomic mass is 16.6. The zero-order valence-electron chi connectivity index (χ0n) is 40.7. The van der Waals surface area contributed by atoms with Gasteiger partial charge >= 0.3 is 24.1 Å². The van der Waals surface area contributed by atoms with E-state index in [1.165, 1.54) is 0 Å². The van der Waals surface area contributed by atoms with Crippen LogP contribution in [0.15, 0.2) is 84.9 Å². The smallest absolute Gasteiger partial charge is 0.407 e. The van der Waals surface area contributed by atoms with Gasteiger partial charge in [-0.3, -0.25) is 9.59 Å². The van der Waals surface area contributed by atoms with E-state index >= 15 is 0 Å². The molecule has 4 aromatic heterocycles. The summed E-state index contributed by atoms with van der Waals surface area (Å²) >= 11 is 0. The van der Waals surface area contributed by atoms with Gasteiger partial charge in [-0.2, -0.15) is 0 Å². The number of hydrogen-bond donors (Lipinski definition) is 4. The molecule has 4 heterocycles. The number of amides is 2. The fraction of sp³-hybridized carbons (Fsp3) is 0.412. The number of methoxy groups -OCH3 is 1. The molecule has 4 atom stereocenters. The number of benzene rings is 2. The lowest BCUT2D eigenvalue weighted by Gasteiger charge is -2.28. The van der Waals surface area contributed by atoms with E-state index in [1.54, 1.807) is 48.8 Å². The summed E-state index contributed by atoms with van der Waals surface area (Å²) < 4.78 is 31.3. The Morgan fingerprint density at radius 3 is 1.53 bits per heavy atom. The van der Waals surface area contributed by atoms with Gasteiger partial charge in [0.1, 0.15) is 41.8 Å². The molecular formula is C51H60N10O11. The highest BCUT2D eigenvalue weighted by molar-refractivity contribution is 5.71. The molecule has 21 nitrogen and oxygen atoms in total. The minimum atomic E-state index is -0.786. The molecule has 0 radical (unpaired) electrons. The van der Waals surface area contributed by atoms with Crippen LogP contribution in [-0.4, -0.2) is 93.6 Å².